The molecular weight excluding hydrogens is 486 g/mol. The number of hydrogen-bond donors (Lipinski definition) is 0. The third-order valence-electron chi connectivity index (χ3n) is 5.42. The molecule has 4 rings (SSSR count). The monoisotopic (exact) mass is 505 g/mol. The normalized spacial score (nSPS) is 12.3. The van der Waals surface area contributed by atoms with E-state index >= 15 is 0 Å². The molecule has 2 amide bonds. The van der Waals surface area contributed by atoms with E-state index in [9.17, 15) is 24.0 Å². The topological polar surface area (TPSA) is 107 Å². The van der Waals surface area contributed by atoms with Crippen LogP contribution in [0.25, 0.3) is 0 Å². The molecule has 0 radical (unpaired) electrons. The Morgan fingerprint density at radius 2 is 1.33 bits per heavy atom. The van der Waals surface area contributed by atoms with Crippen molar-refractivity contribution in [3.8, 4) is 0 Å². The molecule has 0 unspecified atom stereocenters. The Kier molecular flexibility index (Phi) is 7.26. The lowest BCUT2D eigenvalue weighted by molar-refractivity contribution is 0.0474. The first-order chi connectivity index (χ1) is 17.3. The van der Waals surface area contributed by atoms with Crippen LogP contribution < -0.4 is 4.90 Å². The second-order valence-electron chi connectivity index (χ2n) is 7.90. The molecular formula is C27H20ClNO7. The molecule has 0 saturated carbocycles. The van der Waals surface area contributed by atoms with Gasteiger partial charge in [0.2, 0.25) is 0 Å². The zero-order valence-corrected chi connectivity index (χ0v) is 19.9. The van der Waals surface area contributed by atoms with Crippen molar-refractivity contribution >= 4 is 46.8 Å². The van der Waals surface area contributed by atoms with Gasteiger partial charge in [-0.3, -0.25) is 14.4 Å². The summed E-state index contributed by atoms with van der Waals surface area (Å²) in [4.78, 5) is 63.6. The van der Waals surface area contributed by atoms with Gasteiger partial charge in [0.15, 0.2) is 12.4 Å². The number of benzene rings is 3. The van der Waals surface area contributed by atoms with Crippen LogP contribution in [0.1, 0.15) is 65.1 Å². The molecule has 0 bridgehead atoms. The van der Waals surface area contributed by atoms with E-state index in [1.54, 1.807) is 12.1 Å². The Hall–Kier alpha value is -4.30. The van der Waals surface area contributed by atoms with Gasteiger partial charge in [0.1, 0.15) is 0 Å². The Labute approximate surface area is 211 Å². The lowest BCUT2D eigenvalue weighted by atomic mass is 10.1. The molecule has 3 aromatic carbocycles. The van der Waals surface area contributed by atoms with Crippen molar-refractivity contribution in [1.29, 1.82) is 0 Å². The molecule has 0 saturated heterocycles. The minimum atomic E-state index is -0.811. The van der Waals surface area contributed by atoms with Crippen LogP contribution in [-0.4, -0.2) is 42.7 Å². The van der Waals surface area contributed by atoms with Crippen molar-refractivity contribution in [3.63, 3.8) is 0 Å². The van der Waals surface area contributed by atoms with E-state index in [-0.39, 0.29) is 22.4 Å². The van der Waals surface area contributed by atoms with Crippen molar-refractivity contribution in [2.75, 3.05) is 18.1 Å². The van der Waals surface area contributed by atoms with Gasteiger partial charge < -0.3 is 9.47 Å². The first-order valence-electron chi connectivity index (χ1n) is 11.1. The van der Waals surface area contributed by atoms with Crippen molar-refractivity contribution in [2.24, 2.45) is 0 Å². The Morgan fingerprint density at radius 1 is 0.750 bits per heavy atom. The molecule has 0 fully saturated rings. The number of esters is 2. The molecule has 0 aromatic heterocycles. The second kappa shape index (κ2) is 10.5. The predicted octanol–water partition coefficient (Wildman–Crippen LogP) is 4.75. The maximum atomic E-state index is 13.0. The van der Waals surface area contributed by atoms with Crippen LogP contribution in [0.3, 0.4) is 0 Å². The molecule has 36 heavy (non-hydrogen) atoms. The standard InChI is InChI=1S/C27H20ClNO7/c1-2-13-35-26(33)17-5-10-20(11-6-17)29-24(31)21-12-7-18(14-22(21)25(29)32)27(34)36-15-23(30)16-3-8-19(28)9-4-16/h3-12,14H,2,13,15H2,1H3. The smallest absolute Gasteiger partial charge is 0.338 e. The minimum Gasteiger partial charge on any atom is -0.462 e. The Morgan fingerprint density at radius 3 is 2.00 bits per heavy atom. The third kappa shape index (κ3) is 5.04. The van der Waals surface area contributed by atoms with Crippen molar-refractivity contribution in [3.05, 3.63) is 99.6 Å². The summed E-state index contributed by atoms with van der Waals surface area (Å²) >= 11 is 5.81. The summed E-state index contributed by atoms with van der Waals surface area (Å²) in [6.07, 6.45) is 0.688. The summed E-state index contributed by atoms with van der Waals surface area (Å²) in [6.45, 7) is 1.67. The molecule has 1 heterocycles. The number of fused-ring (bicyclic) bond motifs is 1. The van der Waals surface area contributed by atoms with E-state index in [1.807, 2.05) is 6.92 Å². The van der Waals surface area contributed by atoms with Gasteiger partial charge >= 0.3 is 11.9 Å². The summed E-state index contributed by atoms with van der Waals surface area (Å²) in [7, 11) is 0. The summed E-state index contributed by atoms with van der Waals surface area (Å²) < 4.78 is 10.2. The number of anilines is 1. The number of carbonyl (C=O) groups excluding carboxylic acids is 5. The van der Waals surface area contributed by atoms with Crippen LogP contribution >= 0.6 is 11.6 Å². The average Bonchev–Trinajstić information content (AvgIpc) is 3.15. The molecule has 9 heteroatoms. The number of imide groups is 1. The predicted molar refractivity (Wildman–Crippen MR) is 131 cm³/mol. The molecule has 182 valence electrons. The molecule has 3 aromatic rings. The van der Waals surface area contributed by atoms with Gasteiger partial charge in [0, 0.05) is 10.6 Å². The molecule has 1 aliphatic heterocycles. The molecule has 0 aliphatic carbocycles. The average molecular weight is 506 g/mol. The number of carbonyl (C=O) groups is 5. The Bertz CT molecular complexity index is 1360. The van der Waals surface area contributed by atoms with E-state index in [0.29, 0.717) is 29.2 Å². The number of ether oxygens (including phenoxy) is 2. The molecule has 0 spiro atoms. The van der Waals surface area contributed by atoms with Crippen LogP contribution in [0.15, 0.2) is 66.7 Å². The minimum absolute atomic E-state index is 0.0228. The number of nitrogens with zero attached hydrogens (tertiary/aromatic N) is 1. The highest BCUT2D eigenvalue weighted by molar-refractivity contribution is 6.34. The number of halogens is 1. The van der Waals surface area contributed by atoms with Crippen LogP contribution in [0.2, 0.25) is 5.02 Å². The highest BCUT2D eigenvalue weighted by Crippen LogP contribution is 2.29. The largest absolute Gasteiger partial charge is 0.462 e. The number of hydrogen-bond acceptors (Lipinski definition) is 7. The highest BCUT2D eigenvalue weighted by atomic mass is 35.5. The zero-order valence-electron chi connectivity index (χ0n) is 19.2. The van der Waals surface area contributed by atoms with Gasteiger partial charge in [-0.2, -0.15) is 0 Å². The van der Waals surface area contributed by atoms with E-state index in [0.717, 1.165) is 4.90 Å². The SMILES string of the molecule is CCCOC(=O)c1ccc(N2C(=O)c3ccc(C(=O)OCC(=O)c4ccc(Cl)cc4)cc3C2=O)cc1. The maximum absolute atomic E-state index is 13.0. The van der Waals surface area contributed by atoms with Gasteiger partial charge in [-0.05, 0) is 73.2 Å². The third-order valence-corrected chi connectivity index (χ3v) is 5.67. The molecule has 0 N–H and O–H groups in total. The zero-order chi connectivity index (χ0) is 25.8. The number of Topliss-reactive ketones (excluding diaryl/α,β-unsaturated/α-hetero) is 1. The first-order valence-corrected chi connectivity index (χ1v) is 11.4. The summed E-state index contributed by atoms with van der Waals surface area (Å²) in [5.41, 5.74) is 1.08. The van der Waals surface area contributed by atoms with Crippen molar-refractivity contribution < 1.29 is 33.4 Å². The van der Waals surface area contributed by atoms with Gasteiger partial charge in [-0.25, -0.2) is 14.5 Å². The van der Waals surface area contributed by atoms with E-state index in [4.69, 9.17) is 21.1 Å². The van der Waals surface area contributed by atoms with Crippen molar-refractivity contribution in [2.45, 2.75) is 13.3 Å². The van der Waals surface area contributed by atoms with E-state index in [1.165, 1.54) is 54.6 Å². The van der Waals surface area contributed by atoms with Gasteiger partial charge in [0.25, 0.3) is 11.8 Å². The van der Waals surface area contributed by atoms with E-state index in [2.05, 4.69) is 0 Å². The number of amides is 2. The fourth-order valence-corrected chi connectivity index (χ4v) is 3.69. The fraction of sp³-hybridized carbons (Fsp3) is 0.148. The summed E-state index contributed by atoms with van der Waals surface area (Å²) in [5.74, 6) is -2.91. The second-order valence-corrected chi connectivity index (χ2v) is 8.33. The molecule has 1 aliphatic rings. The number of ketones is 1. The van der Waals surface area contributed by atoms with Crippen molar-refractivity contribution in [1.82, 2.24) is 0 Å². The van der Waals surface area contributed by atoms with Gasteiger partial charge in [-0.15, -0.1) is 0 Å². The molecule has 0 atom stereocenters. The maximum Gasteiger partial charge on any atom is 0.338 e. The van der Waals surface area contributed by atoms with Crippen LogP contribution in [0.5, 0.6) is 0 Å². The summed E-state index contributed by atoms with van der Waals surface area (Å²) in [5, 5.41) is 0.473. The van der Waals surface area contributed by atoms with Gasteiger partial charge in [0.05, 0.1) is 34.5 Å². The lowest BCUT2D eigenvalue weighted by Gasteiger charge is -2.14. The summed E-state index contributed by atoms with van der Waals surface area (Å²) in [6, 6.07) is 16.0. The lowest BCUT2D eigenvalue weighted by Crippen LogP contribution is -2.29. The van der Waals surface area contributed by atoms with E-state index < -0.39 is 36.1 Å². The van der Waals surface area contributed by atoms with Crippen LogP contribution in [-0.2, 0) is 9.47 Å². The van der Waals surface area contributed by atoms with Crippen LogP contribution in [0, 0.1) is 0 Å². The fourth-order valence-electron chi connectivity index (χ4n) is 3.56. The number of rotatable bonds is 8. The highest BCUT2D eigenvalue weighted by Gasteiger charge is 2.37. The van der Waals surface area contributed by atoms with Gasteiger partial charge in [-0.1, -0.05) is 18.5 Å². The quantitative estimate of drug-likeness (QED) is 0.247. The Balaban J connectivity index is 1.46. The van der Waals surface area contributed by atoms with Crippen LogP contribution in [0.4, 0.5) is 5.69 Å². The first kappa shape index (κ1) is 24.8. The molecule has 8 nitrogen and oxygen atoms in total.